The number of aromatic nitrogens is 1. The average molecular weight is 213 g/mol. The Morgan fingerprint density at radius 2 is 2.23 bits per heavy atom. The minimum atomic E-state index is 0.843. The summed E-state index contributed by atoms with van der Waals surface area (Å²) in [5.74, 6) is 2.13. The predicted molar refractivity (Wildman–Crippen MR) is 66.8 cm³/mol. The Morgan fingerprint density at radius 1 is 1.54 bits per heavy atom. The molecule has 0 aromatic carbocycles. The highest BCUT2D eigenvalue weighted by Crippen LogP contribution is 2.17. The van der Waals surface area contributed by atoms with Crippen LogP contribution in [0, 0.1) is 0 Å². The van der Waals surface area contributed by atoms with Crippen LogP contribution in [0.1, 0.15) is 24.4 Å². The highest BCUT2D eigenvalue weighted by molar-refractivity contribution is 7.40. The molecule has 0 aliphatic rings. The zero-order chi connectivity index (χ0) is 10.1. The summed E-state index contributed by atoms with van der Waals surface area (Å²) in [5, 5.41) is 0. The highest BCUT2D eigenvalue weighted by Gasteiger charge is 1.95. The maximum Gasteiger partial charge on any atom is 0.0812 e. The van der Waals surface area contributed by atoms with Crippen LogP contribution in [0.4, 0.5) is 0 Å². The van der Waals surface area contributed by atoms with Gasteiger partial charge >= 0.3 is 0 Å². The van der Waals surface area contributed by atoms with Crippen LogP contribution in [0.5, 0.6) is 0 Å². The van der Waals surface area contributed by atoms with E-state index in [1.165, 1.54) is 0 Å². The maximum atomic E-state index is 4.19. The molecule has 1 unspecified atom stereocenters. The van der Waals surface area contributed by atoms with Crippen LogP contribution >= 0.6 is 19.9 Å². The van der Waals surface area contributed by atoms with E-state index >= 15 is 0 Å². The van der Waals surface area contributed by atoms with Crippen LogP contribution in [-0.2, 0) is 0 Å². The fourth-order valence-electron chi connectivity index (χ4n) is 0.704. The molecule has 0 aliphatic heterocycles. The van der Waals surface area contributed by atoms with E-state index in [1.54, 1.807) is 11.3 Å². The fourth-order valence-corrected chi connectivity index (χ4v) is 1.65. The van der Waals surface area contributed by atoms with Gasteiger partial charge in [0.15, 0.2) is 0 Å². The molecule has 0 amide bonds. The summed E-state index contributed by atoms with van der Waals surface area (Å²) in [6.45, 7) is 9.85. The summed E-state index contributed by atoms with van der Waals surface area (Å²) < 4.78 is 0. The van der Waals surface area contributed by atoms with E-state index < -0.39 is 0 Å². The van der Waals surface area contributed by atoms with E-state index in [9.17, 15) is 0 Å². The van der Waals surface area contributed by atoms with Gasteiger partial charge in [-0.1, -0.05) is 26.2 Å². The average Bonchev–Trinajstić information content (AvgIpc) is 2.65. The van der Waals surface area contributed by atoms with E-state index in [-0.39, 0.29) is 0 Å². The van der Waals surface area contributed by atoms with Crippen LogP contribution in [0.15, 0.2) is 17.9 Å². The number of rotatable bonds is 3. The topological polar surface area (TPSA) is 12.9 Å². The van der Waals surface area contributed by atoms with Crippen molar-refractivity contribution in [3.05, 3.63) is 28.5 Å². The lowest BCUT2D eigenvalue weighted by Gasteiger charge is -1.86. The van der Waals surface area contributed by atoms with Crippen LogP contribution in [0.3, 0.4) is 0 Å². The molecule has 1 atom stereocenters. The monoisotopic (exact) mass is 213 g/mol. The van der Waals surface area contributed by atoms with Gasteiger partial charge in [-0.3, -0.25) is 0 Å². The second kappa shape index (κ2) is 8.15. The van der Waals surface area contributed by atoms with Gasteiger partial charge < -0.3 is 0 Å². The molecule has 13 heavy (non-hydrogen) atoms. The quantitative estimate of drug-likeness (QED) is 0.689. The van der Waals surface area contributed by atoms with Gasteiger partial charge in [-0.2, -0.15) is 0 Å². The standard InChI is InChI=1S/C8H10NPS.C2H6/c1-3-8-7(4-5-10-2)9-6-11-8;1-2/h3-6,10H,1H2,2H3;1-2H3/b5-4-;. The molecule has 72 valence electrons. The third-order valence-electron chi connectivity index (χ3n) is 1.22. The number of nitrogens with zero attached hydrogens (tertiary/aromatic N) is 1. The first-order chi connectivity index (χ1) is 6.38. The molecule has 0 radical (unpaired) electrons. The summed E-state index contributed by atoms with van der Waals surface area (Å²) >= 11 is 1.62. The van der Waals surface area contributed by atoms with Gasteiger partial charge in [0.1, 0.15) is 0 Å². The number of hydrogen-bond acceptors (Lipinski definition) is 2. The summed E-state index contributed by atoms with van der Waals surface area (Å²) in [6.07, 6.45) is 3.89. The molecule has 1 rings (SSSR count). The fraction of sp³-hybridized carbons (Fsp3) is 0.300. The first kappa shape index (κ1) is 12.5. The van der Waals surface area contributed by atoms with Crippen LogP contribution in [-0.4, -0.2) is 11.6 Å². The van der Waals surface area contributed by atoms with Gasteiger partial charge in [-0.25, -0.2) is 4.98 Å². The first-order valence-corrected chi connectivity index (χ1v) is 6.74. The maximum absolute atomic E-state index is 4.19. The SMILES string of the molecule is C=Cc1scnc1/C=C\PC.CC. The van der Waals surface area contributed by atoms with Crippen molar-refractivity contribution in [2.45, 2.75) is 13.8 Å². The lowest BCUT2D eigenvalue weighted by Crippen LogP contribution is -1.71. The summed E-state index contributed by atoms with van der Waals surface area (Å²) in [7, 11) is 0.843. The largest absolute Gasteiger partial charge is 0.245 e. The van der Waals surface area contributed by atoms with Crippen LogP contribution in [0.2, 0.25) is 0 Å². The molecular weight excluding hydrogens is 197 g/mol. The van der Waals surface area contributed by atoms with Crippen molar-refractivity contribution in [3.8, 4) is 0 Å². The Kier molecular flexibility index (Phi) is 7.86. The number of hydrogen-bond donors (Lipinski definition) is 0. The van der Waals surface area contributed by atoms with Gasteiger partial charge in [-0.15, -0.1) is 19.9 Å². The van der Waals surface area contributed by atoms with E-state index in [1.807, 2.05) is 31.5 Å². The van der Waals surface area contributed by atoms with Crippen LogP contribution in [0.25, 0.3) is 12.2 Å². The predicted octanol–water partition coefficient (Wildman–Crippen LogP) is 4.09. The summed E-state index contributed by atoms with van der Waals surface area (Å²) in [5.41, 5.74) is 2.88. The third-order valence-corrected chi connectivity index (χ3v) is 2.56. The molecule has 0 aliphatic carbocycles. The van der Waals surface area contributed by atoms with E-state index in [0.29, 0.717) is 0 Å². The van der Waals surface area contributed by atoms with Gasteiger partial charge in [0.05, 0.1) is 16.1 Å². The molecule has 0 spiro atoms. The Bertz CT molecular complexity index is 266. The smallest absolute Gasteiger partial charge is 0.0812 e. The molecule has 0 bridgehead atoms. The van der Waals surface area contributed by atoms with Crippen LogP contribution < -0.4 is 0 Å². The van der Waals surface area contributed by atoms with Crippen molar-refractivity contribution < 1.29 is 0 Å². The summed E-state index contributed by atoms with van der Waals surface area (Å²) in [4.78, 5) is 5.34. The Balaban J connectivity index is 0.000000671. The molecule has 0 saturated carbocycles. The van der Waals surface area contributed by atoms with Crippen molar-refractivity contribution in [1.29, 1.82) is 0 Å². The van der Waals surface area contributed by atoms with Crippen molar-refractivity contribution in [2.24, 2.45) is 0 Å². The number of thiazole rings is 1. The molecule has 1 nitrogen and oxygen atoms in total. The van der Waals surface area contributed by atoms with Gasteiger partial charge in [0, 0.05) is 0 Å². The molecule has 1 aromatic rings. The van der Waals surface area contributed by atoms with E-state index in [4.69, 9.17) is 0 Å². The molecule has 1 heterocycles. The molecule has 0 N–H and O–H groups in total. The third kappa shape index (κ3) is 4.35. The van der Waals surface area contributed by atoms with E-state index in [0.717, 1.165) is 19.2 Å². The van der Waals surface area contributed by atoms with Crippen molar-refractivity contribution in [1.82, 2.24) is 4.98 Å². The minimum absolute atomic E-state index is 0.843. The van der Waals surface area contributed by atoms with Gasteiger partial charge in [0.25, 0.3) is 0 Å². The van der Waals surface area contributed by atoms with Crippen molar-refractivity contribution >= 4 is 32.1 Å². The zero-order valence-corrected chi connectivity index (χ0v) is 10.2. The molecule has 0 fully saturated rings. The lowest BCUT2D eigenvalue weighted by atomic mass is 10.3. The van der Waals surface area contributed by atoms with Gasteiger partial charge in [-0.05, 0) is 18.8 Å². The second-order valence-electron chi connectivity index (χ2n) is 1.93. The first-order valence-electron chi connectivity index (χ1n) is 4.28. The second-order valence-corrected chi connectivity index (χ2v) is 3.73. The van der Waals surface area contributed by atoms with Crippen molar-refractivity contribution in [3.63, 3.8) is 0 Å². The Labute approximate surface area is 86.4 Å². The normalized spacial score (nSPS) is 10.4. The molecule has 3 heteroatoms. The molecule has 1 aromatic heterocycles. The lowest BCUT2D eigenvalue weighted by molar-refractivity contribution is 1.38. The molecule has 0 saturated heterocycles. The molecular formula is C10H16NPS. The minimum Gasteiger partial charge on any atom is -0.245 e. The van der Waals surface area contributed by atoms with Crippen molar-refractivity contribution in [2.75, 3.05) is 6.66 Å². The highest BCUT2D eigenvalue weighted by atomic mass is 32.1. The summed E-state index contributed by atoms with van der Waals surface area (Å²) in [6, 6.07) is 0. The Morgan fingerprint density at radius 3 is 2.77 bits per heavy atom. The Hall–Kier alpha value is -0.460. The zero-order valence-electron chi connectivity index (χ0n) is 8.37. The van der Waals surface area contributed by atoms with Gasteiger partial charge in [0.2, 0.25) is 0 Å². The van der Waals surface area contributed by atoms with E-state index in [2.05, 4.69) is 24.0 Å².